The Kier molecular flexibility index (Phi) is 6.96. The SMILES string of the molecule is Nc1nc2c(ncn2[C@@H]2O[C@H](COP(=O)(O)OC3C[C@H](n4cnc5c(N)ncnc54)O[C@@H]3CO)[C@@H](O)[C@H]2O)c(=O)[nH]1. The minimum absolute atomic E-state index is 0.00844. The Hall–Kier alpha value is -3.59. The molecule has 2 aliphatic heterocycles. The number of imidazole rings is 2. The van der Waals surface area contributed by atoms with Gasteiger partial charge in [-0.15, -0.1) is 0 Å². The van der Waals surface area contributed by atoms with Gasteiger partial charge in [-0.1, -0.05) is 0 Å². The van der Waals surface area contributed by atoms with Crippen LogP contribution in [0.3, 0.4) is 0 Å². The highest BCUT2D eigenvalue weighted by atomic mass is 31.2. The molecule has 4 aromatic rings. The van der Waals surface area contributed by atoms with E-state index in [9.17, 15) is 29.6 Å². The fourth-order valence-electron chi connectivity index (χ4n) is 4.82. The third-order valence-electron chi connectivity index (χ3n) is 6.79. The highest BCUT2D eigenvalue weighted by molar-refractivity contribution is 7.47. The fourth-order valence-corrected chi connectivity index (χ4v) is 5.78. The van der Waals surface area contributed by atoms with Crippen LogP contribution in [0.4, 0.5) is 11.8 Å². The lowest BCUT2D eigenvalue weighted by Gasteiger charge is -2.21. The maximum atomic E-state index is 12.8. The second-order valence-corrected chi connectivity index (χ2v) is 10.8. The smallest absolute Gasteiger partial charge is 0.394 e. The number of nitrogens with zero attached hydrogens (tertiary/aromatic N) is 7. The van der Waals surface area contributed by atoms with Gasteiger partial charge in [0.25, 0.3) is 5.56 Å². The molecular formula is C20H25N10O10P. The quantitative estimate of drug-likeness (QED) is 0.104. The van der Waals surface area contributed by atoms with Crippen LogP contribution in [0.2, 0.25) is 0 Å². The molecule has 0 saturated carbocycles. The van der Waals surface area contributed by atoms with E-state index in [4.69, 9.17) is 30.0 Å². The van der Waals surface area contributed by atoms with Crippen LogP contribution in [0, 0.1) is 0 Å². The van der Waals surface area contributed by atoms with Crippen LogP contribution in [0.1, 0.15) is 18.9 Å². The molecule has 21 heteroatoms. The van der Waals surface area contributed by atoms with Gasteiger partial charge in [-0.05, 0) is 0 Å². The lowest BCUT2D eigenvalue weighted by Crippen LogP contribution is -2.34. The number of nitrogen functional groups attached to an aromatic ring is 2. The summed E-state index contributed by atoms with van der Waals surface area (Å²) < 4.78 is 37.4. The molecule has 2 saturated heterocycles. The Morgan fingerprint density at radius 1 is 1.05 bits per heavy atom. The molecule has 0 bridgehead atoms. The van der Waals surface area contributed by atoms with E-state index in [1.54, 1.807) is 0 Å². The van der Waals surface area contributed by atoms with Gasteiger partial charge in [-0.2, -0.15) is 4.98 Å². The molecule has 0 aromatic carbocycles. The number of aromatic nitrogens is 8. The Balaban J connectivity index is 1.12. The van der Waals surface area contributed by atoms with Crippen LogP contribution >= 0.6 is 7.82 Å². The summed E-state index contributed by atoms with van der Waals surface area (Å²) in [6.07, 6.45) is -4.69. The summed E-state index contributed by atoms with van der Waals surface area (Å²) in [5.41, 5.74) is 11.4. The molecule has 0 amide bonds. The highest BCUT2D eigenvalue weighted by Gasteiger charge is 2.47. The molecule has 20 nitrogen and oxygen atoms in total. The summed E-state index contributed by atoms with van der Waals surface area (Å²) in [7, 11) is -4.81. The number of aliphatic hydroxyl groups is 3. The van der Waals surface area contributed by atoms with E-state index in [0.717, 1.165) is 0 Å². The molecule has 2 aliphatic rings. The number of rotatable bonds is 8. The second-order valence-electron chi connectivity index (χ2n) is 9.36. The van der Waals surface area contributed by atoms with E-state index >= 15 is 0 Å². The lowest BCUT2D eigenvalue weighted by molar-refractivity contribution is -0.0585. The van der Waals surface area contributed by atoms with E-state index in [2.05, 4.69) is 29.9 Å². The first-order valence-corrected chi connectivity index (χ1v) is 13.6. The van der Waals surface area contributed by atoms with Crippen molar-refractivity contribution in [1.29, 1.82) is 0 Å². The summed E-state index contributed by atoms with van der Waals surface area (Å²) >= 11 is 0. The molecule has 9 N–H and O–H groups in total. The first-order valence-electron chi connectivity index (χ1n) is 12.1. The van der Waals surface area contributed by atoms with Crippen molar-refractivity contribution in [2.45, 2.75) is 49.4 Å². The molecule has 4 aromatic heterocycles. The van der Waals surface area contributed by atoms with Crippen molar-refractivity contribution in [2.75, 3.05) is 24.7 Å². The van der Waals surface area contributed by atoms with E-state index in [1.165, 1.54) is 28.1 Å². The van der Waals surface area contributed by atoms with Gasteiger partial charge < -0.3 is 41.2 Å². The Labute approximate surface area is 228 Å². The summed E-state index contributed by atoms with van der Waals surface area (Å²) in [5.74, 6) is -0.0426. The Morgan fingerprint density at radius 3 is 2.59 bits per heavy atom. The number of nitrogens with two attached hydrogens (primary N) is 2. The van der Waals surface area contributed by atoms with Crippen molar-refractivity contribution in [3.05, 3.63) is 29.3 Å². The van der Waals surface area contributed by atoms with Crippen molar-refractivity contribution in [2.24, 2.45) is 0 Å². The zero-order valence-corrected chi connectivity index (χ0v) is 21.8. The molecule has 6 rings (SSSR count). The zero-order valence-electron chi connectivity index (χ0n) is 20.9. The van der Waals surface area contributed by atoms with Gasteiger partial charge in [0.2, 0.25) is 5.95 Å². The van der Waals surface area contributed by atoms with Crippen LogP contribution in [0.15, 0.2) is 23.8 Å². The Morgan fingerprint density at radius 2 is 1.80 bits per heavy atom. The molecule has 2 unspecified atom stereocenters. The average Bonchev–Trinajstić information content (AvgIpc) is 3.69. The van der Waals surface area contributed by atoms with E-state index in [0.29, 0.717) is 11.2 Å². The number of hydrogen-bond acceptors (Lipinski definition) is 16. The highest BCUT2D eigenvalue weighted by Crippen LogP contribution is 2.49. The first kappa shape index (κ1) is 27.6. The van der Waals surface area contributed by atoms with Crippen molar-refractivity contribution < 1.29 is 43.3 Å². The molecular weight excluding hydrogens is 571 g/mol. The summed E-state index contributed by atoms with van der Waals surface area (Å²) in [4.78, 5) is 44.9. The third kappa shape index (κ3) is 4.94. The van der Waals surface area contributed by atoms with Gasteiger partial charge in [0.1, 0.15) is 48.6 Å². The van der Waals surface area contributed by atoms with Crippen LogP contribution in [0.25, 0.3) is 22.3 Å². The molecule has 0 spiro atoms. The van der Waals surface area contributed by atoms with Crippen molar-refractivity contribution >= 4 is 41.9 Å². The average molecular weight is 596 g/mol. The molecule has 6 heterocycles. The van der Waals surface area contributed by atoms with Gasteiger partial charge in [-0.25, -0.2) is 24.5 Å². The van der Waals surface area contributed by atoms with E-state index < -0.39 is 69.6 Å². The number of phosphoric ester groups is 1. The topological polar surface area (TPSA) is 294 Å². The van der Waals surface area contributed by atoms with Crippen LogP contribution in [0.5, 0.6) is 0 Å². The number of nitrogens with one attached hydrogen (secondary N) is 1. The van der Waals surface area contributed by atoms with Crippen LogP contribution in [-0.2, 0) is 23.1 Å². The van der Waals surface area contributed by atoms with E-state index in [-0.39, 0.29) is 29.4 Å². The summed E-state index contributed by atoms with van der Waals surface area (Å²) in [6.45, 7) is -1.21. The van der Waals surface area contributed by atoms with Gasteiger partial charge in [-0.3, -0.25) is 28.0 Å². The van der Waals surface area contributed by atoms with Gasteiger partial charge in [0.15, 0.2) is 28.9 Å². The van der Waals surface area contributed by atoms with Crippen molar-refractivity contribution in [3.63, 3.8) is 0 Å². The number of aromatic amines is 1. The van der Waals surface area contributed by atoms with Crippen molar-refractivity contribution in [3.8, 4) is 0 Å². The number of H-pyrrole nitrogens is 1. The number of aliphatic hydroxyl groups excluding tert-OH is 3. The number of ether oxygens (including phenoxy) is 2. The molecule has 41 heavy (non-hydrogen) atoms. The Bertz CT molecular complexity index is 1690. The summed E-state index contributed by atoms with van der Waals surface area (Å²) in [5, 5.41) is 30.9. The minimum Gasteiger partial charge on any atom is -0.394 e. The number of fused-ring (bicyclic) bond motifs is 2. The molecule has 220 valence electrons. The maximum absolute atomic E-state index is 12.8. The van der Waals surface area contributed by atoms with Crippen LogP contribution < -0.4 is 17.0 Å². The van der Waals surface area contributed by atoms with Crippen molar-refractivity contribution in [1.82, 2.24) is 39.0 Å². The van der Waals surface area contributed by atoms with E-state index in [1.807, 2.05) is 0 Å². The first-order chi connectivity index (χ1) is 19.6. The van der Waals surface area contributed by atoms with Gasteiger partial charge >= 0.3 is 7.82 Å². The molecule has 0 aliphatic carbocycles. The van der Waals surface area contributed by atoms with Gasteiger partial charge in [0, 0.05) is 6.42 Å². The zero-order chi connectivity index (χ0) is 29.1. The summed E-state index contributed by atoms with van der Waals surface area (Å²) in [6, 6.07) is 0. The number of phosphoric acid groups is 1. The minimum atomic E-state index is -4.81. The fraction of sp³-hybridized carbons (Fsp3) is 0.500. The standard InChI is InChI=1S/C20H25N10O10P/c21-15-11-16(24-4-23-15)29(5-25-11)10-1-7(8(2-31)38-10)40-41(35,36)37-3-9-13(32)14(33)19(39-9)30-6-26-12-17(30)27-20(22)28-18(12)34/h4-10,13-14,19,31-33H,1-3H2,(H,35,36)(H2,21,23,24)(H3,22,27,28,34)/t7?,8-,9-,10-,13-,14-,19-/m1/s1. The third-order valence-corrected chi connectivity index (χ3v) is 7.80. The second kappa shape index (κ2) is 10.4. The van der Waals surface area contributed by atoms with Gasteiger partial charge in [0.05, 0.1) is 25.9 Å². The van der Waals surface area contributed by atoms with Crippen LogP contribution in [-0.4, -0.2) is 103 Å². The number of anilines is 2. The lowest BCUT2D eigenvalue weighted by atomic mass is 10.1. The molecule has 0 radical (unpaired) electrons. The molecule has 8 atom stereocenters. The maximum Gasteiger partial charge on any atom is 0.472 e. The normalized spacial score (nSPS) is 29.9. The monoisotopic (exact) mass is 596 g/mol. The largest absolute Gasteiger partial charge is 0.472 e. The molecule has 2 fully saturated rings. The predicted octanol–water partition coefficient (Wildman–Crippen LogP) is -2.47. The predicted molar refractivity (Wildman–Crippen MR) is 134 cm³/mol. The number of hydrogen-bond donors (Lipinski definition) is 7.